The predicted molar refractivity (Wildman–Crippen MR) is 98.7 cm³/mol. The molecule has 0 bridgehead atoms. The molecule has 0 saturated carbocycles. The highest BCUT2D eigenvalue weighted by molar-refractivity contribution is 6.35. The van der Waals surface area contributed by atoms with Gasteiger partial charge < -0.3 is 4.74 Å². The number of imidazole rings is 1. The molecule has 0 aliphatic rings. The van der Waals surface area contributed by atoms with Crippen LogP contribution in [0.4, 0.5) is 5.95 Å². The Morgan fingerprint density at radius 3 is 2.75 bits per heavy atom. The van der Waals surface area contributed by atoms with Crippen molar-refractivity contribution >= 4 is 40.2 Å². The van der Waals surface area contributed by atoms with E-state index in [0.717, 1.165) is 11.0 Å². The zero-order valence-corrected chi connectivity index (χ0v) is 14.6. The minimum atomic E-state index is 0.443. The molecule has 3 aromatic rings. The van der Waals surface area contributed by atoms with Crippen molar-refractivity contribution in [1.82, 2.24) is 4.57 Å². The average molecular weight is 363 g/mol. The van der Waals surface area contributed by atoms with Crippen molar-refractivity contribution in [2.24, 2.45) is 0 Å². The number of para-hydroxylation sites is 2. The van der Waals surface area contributed by atoms with Gasteiger partial charge in [-0.3, -0.25) is 5.73 Å². The van der Waals surface area contributed by atoms with Gasteiger partial charge in [-0.25, -0.2) is 9.13 Å². The molecule has 0 atom stereocenters. The molecule has 0 aliphatic heterocycles. The first-order chi connectivity index (χ1) is 11.6. The Kier molecular flexibility index (Phi) is 4.97. The number of nitrogen functional groups attached to an aromatic ring is 1. The van der Waals surface area contributed by atoms with E-state index in [4.69, 9.17) is 33.7 Å². The molecule has 0 fully saturated rings. The molecule has 2 N–H and O–H groups in total. The van der Waals surface area contributed by atoms with Crippen molar-refractivity contribution in [3.8, 4) is 5.75 Å². The zero-order chi connectivity index (χ0) is 17.1. The number of fused-ring (bicyclic) bond motifs is 1. The number of allylic oxidation sites excluding steroid dienone is 1. The van der Waals surface area contributed by atoms with Crippen LogP contribution >= 0.6 is 23.2 Å². The van der Waals surface area contributed by atoms with E-state index in [1.165, 1.54) is 0 Å². The summed E-state index contributed by atoms with van der Waals surface area (Å²) in [5.41, 5.74) is 8.44. The fraction of sp³-hybridized carbons (Fsp3) is 0.167. The number of benzene rings is 2. The SMILES string of the molecule is C=CCn1c(N)[n+](CCOc2ccc(Cl)cc2Cl)c2ccccc21. The van der Waals surface area contributed by atoms with Crippen molar-refractivity contribution in [3.63, 3.8) is 0 Å². The molecule has 0 amide bonds. The Morgan fingerprint density at radius 2 is 2.00 bits per heavy atom. The van der Waals surface area contributed by atoms with Crippen molar-refractivity contribution < 1.29 is 9.30 Å². The summed E-state index contributed by atoms with van der Waals surface area (Å²) in [5.74, 6) is 1.27. The number of nitrogens with two attached hydrogens (primary N) is 1. The fourth-order valence-corrected chi connectivity index (χ4v) is 3.17. The molecular formula is C18H18Cl2N3O+. The molecule has 4 nitrogen and oxygen atoms in total. The van der Waals surface area contributed by atoms with Crippen molar-refractivity contribution in [2.75, 3.05) is 12.3 Å². The molecule has 0 spiro atoms. The second kappa shape index (κ2) is 7.16. The van der Waals surface area contributed by atoms with Crippen LogP contribution < -0.4 is 15.0 Å². The van der Waals surface area contributed by atoms with Crippen LogP contribution in [0, 0.1) is 0 Å². The average Bonchev–Trinajstić information content (AvgIpc) is 2.83. The third-order valence-corrected chi connectivity index (χ3v) is 4.32. The summed E-state index contributed by atoms with van der Waals surface area (Å²) in [5, 5.41) is 1.08. The van der Waals surface area contributed by atoms with Crippen molar-refractivity contribution in [3.05, 3.63) is 65.2 Å². The first kappa shape index (κ1) is 16.7. The monoisotopic (exact) mass is 362 g/mol. The van der Waals surface area contributed by atoms with E-state index in [-0.39, 0.29) is 0 Å². The summed E-state index contributed by atoms with van der Waals surface area (Å²) in [6.45, 7) is 5.50. The highest BCUT2D eigenvalue weighted by Crippen LogP contribution is 2.27. The standard InChI is InChI=1S/C18H17Cl2N3O/c1-2-9-22-15-5-3-4-6-16(15)23(18(22)21)10-11-24-17-8-7-13(19)12-14(17)20/h2-8,12,21H,1,9-11H2/p+1. The van der Waals surface area contributed by atoms with Gasteiger partial charge in [0.1, 0.15) is 29.9 Å². The number of ether oxygens (including phenoxy) is 1. The van der Waals surface area contributed by atoms with Crippen LogP contribution in [0.25, 0.3) is 11.0 Å². The number of anilines is 1. The van der Waals surface area contributed by atoms with Gasteiger partial charge >= 0.3 is 5.95 Å². The molecule has 124 valence electrons. The lowest BCUT2D eigenvalue weighted by Crippen LogP contribution is -2.39. The summed E-state index contributed by atoms with van der Waals surface area (Å²) in [4.78, 5) is 0. The molecule has 0 saturated heterocycles. The second-order valence-corrected chi connectivity index (χ2v) is 6.16. The predicted octanol–water partition coefficient (Wildman–Crippen LogP) is 4.08. The van der Waals surface area contributed by atoms with E-state index in [1.807, 2.05) is 39.5 Å². The first-order valence-electron chi connectivity index (χ1n) is 7.57. The Morgan fingerprint density at radius 1 is 1.21 bits per heavy atom. The van der Waals surface area contributed by atoms with Gasteiger partial charge in [0, 0.05) is 5.02 Å². The van der Waals surface area contributed by atoms with Crippen LogP contribution in [0.5, 0.6) is 5.75 Å². The van der Waals surface area contributed by atoms with Crippen LogP contribution in [0.15, 0.2) is 55.1 Å². The van der Waals surface area contributed by atoms with E-state index in [2.05, 4.69) is 6.58 Å². The van der Waals surface area contributed by atoms with Gasteiger partial charge in [-0.15, -0.1) is 0 Å². The normalized spacial score (nSPS) is 10.9. The van der Waals surface area contributed by atoms with Crippen LogP contribution in [0.3, 0.4) is 0 Å². The van der Waals surface area contributed by atoms with Gasteiger partial charge in [0.15, 0.2) is 0 Å². The van der Waals surface area contributed by atoms with Gasteiger partial charge in [-0.1, -0.05) is 48.0 Å². The van der Waals surface area contributed by atoms with Gasteiger partial charge in [-0.2, -0.15) is 0 Å². The number of rotatable bonds is 6. The Hall–Kier alpha value is -2.17. The van der Waals surface area contributed by atoms with E-state index >= 15 is 0 Å². The second-order valence-electron chi connectivity index (χ2n) is 5.32. The van der Waals surface area contributed by atoms with Crippen LogP contribution in [0.2, 0.25) is 10.0 Å². The number of aromatic nitrogens is 2. The van der Waals surface area contributed by atoms with Gasteiger partial charge in [0.05, 0.1) is 11.6 Å². The lowest BCUT2D eigenvalue weighted by atomic mass is 10.3. The van der Waals surface area contributed by atoms with Gasteiger partial charge in [0.2, 0.25) is 0 Å². The minimum Gasteiger partial charge on any atom is -0.489 e. The molecule has 0 radical (unpaired) electrons. The highest BCUT2D eigenvalue weighted by Gasteiger charge is 2.19. The molecule has 0 aliphatic carbocycles. The molecule has 2 aromatic carbocycles. The number of hydrogen-bond donors (Lipinski definition) is 1. The van der Waals surface area contributed by atoms with Crippen LogP contribution in [-0.4, -0.2) is 11.2 Å². The maximum Gasteiger partial charge on any atom is 0.356 e. The summed E-state index contributed by atoms with van der Waals surface area (Å²) in [6.07, 6.45) is 1.83. The van der Waals surface area contributed by atoms with Gasteiger partial charge in [0.25, 0.3) is 0 Å². The third kappa shape index (κ3) is 3.21. The lowest BCUT2D eigenvalue weighted by molar-refractivity contribution is -0.658. The summed E-state index contributed by atoms with van der Waals surface area (Å²) < 4.78 is 9.83. The minimum absolute atomic E-state index is 0.443. The molecule has 1 heterocycles. The van der Waals surface area contributed by atoms with Crippen molar-refractivity contribution in [1.29, 1.82) is 0 Å². The van der Waals surface area contributed by atoms with Crippen LogP contribution in [-0.2, 0) is 13.1 Å². The molecule has 0 unspecified atom stereocenters. The lowest BCUT2D eigenvalue weighted by Gasteiger charge is -2.08. The largest absolute Gasteiger partial charge is 0.489 e. The molecule has 6 heteroatoms. The third-order valence-electron chi connectivity index (χ3n) is 3.79. The Balaban J connectivity index is 1.82. The Bertz CT molecular complexity index is 889. The summed E-state index contributed by atoms with van der Waals surface area (Å²) >= 11 is 12.0. The topological polar surface area (TPSA) is 44.1 Å². The van der Waals surface area contributed by atoms with Crippen molar-refractivity contribution in [2.45, 2.75) is 13.1 Å². The van der Waals surface area contributed by atoms with E-state index in [1.54, 1.807) is 18.2 Å². The number of hydrogen-bond acceptors (Lipinski definition) is 2. The summed E-state index contributed by atoms with van der Waals surface area (Å²) in [6, 6.07) is 13.3. The fourth-order valence-electron chi connectivity index (χ4n) is 2.71. The zero-order valence-electron chi connectivity index (χ0n) is 13.1. The van der Waals surface area contributed by atoms with Crippen LogP contribution in [0.1, 0.15) is 0 Å². The number of nitrogens with zero attached hydrogens (tertiary/aromatic N) is 2. The first-order valence-corrected chi connectivity index (χ1v) is 8.32. The van der Waals surface area contributed by atoms with E-state index in [9.17, 15) is 0 Å². The Labute approximate surface area is 150 Å². The maximum atomic E-state index is 6.31. The molecule has 3 rings (SSSR count). The number of halogens is 2. The smallest absolute Gasteiger partial charge is 0.356 e. The highest BCUT2D eigenvalue weighted by atomic mass is 35.5. The van der Waals surface area contributed by atoms with E-state index < -0.39 is 0 Å². The van der Waals surface area contributed by atoms with E-state index in [0.29, 0.717) is 41.4 Å². The molecular weight excluding hydrogens is 345 g/mol. The molecule has 24 heavy (non-hydrogen) atoms. The maximum absolute atomic E-state index is 6.31. The van der Waals surface area contributed by atoms with Gasteiger partial charge in [-0.05, 0) is 30.3 Å². The summed E-state index contributed by atoms with van der Waals surface area (Å²) in [7, 11) is 0. The molecule has 1 aromatic heterocycles. The quantitative estimate of drug-likeness (QED) is 0.530.